The van der Waals surface area contributed by atoms with Crippen LogP contribution in [0.2, 0.25) is 0 Å². The molecule has 3 N–H and O–H groups in total. The minimum absolute atomic E-state index is 0.305. The second-order valence-corrected chi connectivity index (χ2v) is 8.17. The van der Waals surface area contributed by atoms with Crippen LogP contribution in [0.5, 0.6) is 5.75 Å². The van der Waals surface area contributed by atoms with Crippen molar-refractivity contribution in [2.24, 2.45) is 0 Å². The fourth-order valence-electron chi connectivity index (χ4n) is 2.74. The number of phenols is 1. The molecule has 0 bridgehead atoms. The van der Waals surface area contributed by atoms with Gasteiger partial charge >= 0.3 is 5.97 Å². The maximum Gasteiger partial charge on any atom is 0.303 e. The molecule has 142 valence electrons. The molecule has 0 aliphatic rings. The molecular formula is C19H29Br2NO3. The number of aliphatic carboxylic acids is 1. The van der Waals surface area contributed by atoms with Crippen LogP contribution in [0.1, 0.15) is 69.8 Å². The Morgan fingerprint density at radius 1 is 0.920 bits per heavy atom. The van der Waals surface area contributed by atoms with E-state index in [2.05, 4.69) is 37.2 Å². The van der Waals surface area contributed by atoms with E-state index in [1.54, 1.807) is 0 Å². The maximum absolute atomic E-state index is 10.4. The Bertz CT molecular complexity index is 524. The van der Waals surface area contributed by atoms with Gasteiger partial charge in [-0.05, 0) is 47.4 Å². The molecule has 1 aromatic carbocycles. The van der Waals surface area contributed by atoms with Crippen molar-refractivity contribution in [1.29, 1.82) is 0 Å². The molecule has 0 unspecified atom stereocenters. The summed E-state index contributed by atoms with van der Waals surface area (Å²) in [5, 5.41) is 21.9. The number of nitrogens with one attached hydrogen (secondary N) is 1. The van der Waals surface area contributed by atoms with Crippen LogP contribution in [0.3, 0.4) is 0 Å². The van der Waals surface area contributed by atoms with E-state index in [1.165, 1.54) is 32.1 Å². The Hall–Kier alpha value is -0.590. The Balaban J connectivity index is 1.93. The van der Waals surface area contributed by atoms with Crippen molar-refractivity contribution in [1.82, 2.24) is 5.32 Å². The molecule has 0 aliphatic heterocycles. The summed E-state index contributed by atoms with van der Waals surface area (Å²) in [6, 6.07) is 3.77. The average molecular weight is 479 g/mol. The predicted octanol–water partition coefficient (Wildman–Crippen LogP) is 5.99. The molecule has 0 aliphatic carbocycles. The molecule has 0 fully saturated rings. The summed E-state index contributed by atoms with van der Waals surface area (Å²) in [5.41, 5.74) is 0.893. The van der Waals surface area contributed by atoms with Crippen molar-refractivity contribution in [2.75, 3.05) is 6.54 Å². The minimum atomic E-state index is -0.684. The number of rotatable bonds is 14. The number of hydrogen-bond donors (Lipinski definition) is 3. The molecule has 0 saturated heterocycles. The fraction of sp³-hybridized carbons (Fsp3) is 0.632. The highest BCUT2D eigenvalue weighted by molar-refractivity contribution is 9.11. The van der Waals surface area contributed by atoms with Crippen molar-refractivity contribution in [3.05, 3.63) is 26.6 Å². The third-order valence-corrected chi connectivity index (χ3v) is 5.23. The zero-order valence-electron chi connectivity index (χ0n) is 14.7. The quantitative estimate of drug-likeness (QED) is 0.287. The van der Waals surface area contributed by atoms with Crippen LogP contribution in [0, 0.1) is 0 Å². The van der Waals surface area contributed by atoms with Gasteiger partial charge in [-0.3, -0.25) is 4.79 Å². The Morgan fingerprint density at radius 3 is 2.08 bits per heavy atom. The lowest BCUT2D eigenvalue weighted by Gasteiger charge is -2.09. The van der Waals surface area contributed by atoms with E-state index in [-0.39, 0.29) is 0 Å². The van der Waals surface area contributed by atoms with Crippen LogP contribution in [0.15, 0.2) is 21.1 Å². The topological polar surface area (TPSA) is 69.6 Å². The van der Waals surface area contributed by atoms with Gasteiger partial charge in [0, 0.05) is 23.0 Å². The van der Waals surface area contributed by atoms with E-state index in [1.807, 2.05) is 12.1 Å². The van der Waals surface area contributed by atoms with Gasteiger partial charge in [0.2, 0.25) is 0 Å². The van der Waals surface area contributed by atoms with Crippen molar-refractivity contribution in [3.8, 4) is 5.75 Å². The highest BCUT2D eigenvalue weighted by Gasteiger charge is 2.06. The molecular weight excluding hydrogens is 450 g/mol. The van der Waals surface area contributed by atoms with Crippen LogP contribution in [0.25, 0.3) is 0 Å². The molecule has 0 radical (unpaired) electrons. The predicted molar refractivity (Wildman–Crippen MR) is 109 cm³/mol. The number of carboxylic acid groups (broad SMARTS) is 1. The molecule has 0 atom stereocenters. The Kier molecular flexibility index (Phi) is 12.2. The summed E-state index contributed by atoms with van der Waals surface area (Å²) in [7, 11) is 0. The molecule has 0 amide bonds. The van der Waals surface area contributed by atoms with Crippen LogP contribution < -0.4 is 5.32 Å². The summed E-state index contributed by atoms with van der Waals surface area (Å²) >= 11 is 6.78. The zero-order valence-corrected chi connectivity index (χ0v) is 17.9. The largest absolute Gasteiger partial charge is 0.506 e. The van der Waals surface area contributed by atoms with E-state index in [4.69, 9.17) is 5.11 Å². The van der Waals surface area contributed by atoms with Crippen LogP contribution >= 0.6 is 31.9 Å². The first-order valence-corrected chi connectivity index (χ1v) is 10.7. The second kappa shape index (κ2) is 13.6. The number of hydrogen-bond acceptors (Lipinski definition) is 3. The number of aromatic hydroxyl groups is 1. The van der Waals surface area contributed by atoms with Gasteiger partial charge in [0.25, 0.3) is 0 Å². The van der Waals surface area contributed by atoms with Gasteiger partial charge < -0.3 is 15.5 Å². The van der Waals surface area contributed by atoms with E-state index >= 15 is 0 Å². The van der Waals surface area contributed by atoms with E-state index < -0.39 is 5.97 Å². The monoisotopic (exact) mass is 477 g/mol. The zero-order chi connectivity index (χ0) is 18.5. The lowest BCUT2D eigenvalue weighted by molar-refractivity contribution is -0.137. The average Bonchev–Trinajstić information content (AvgIpc) is 2.55. The van der Waals surface area contributed by atoms with Gasteiger partial charge in [-0.2, -0.15) is 0 Å². The van der Waals surface area contributed by atoms with Gasteiger partial charge in [0.1, 0.15) is 5.75 Å². The van der Waals surface area contributed by atoms with E-state index in [0.29, 0.717) is 23.2 Å². The summed E-state index contributed by atoms with van der Waals surface area (Å²) in [5.74, 6) is -0.379. The summed E-state index contributed by atoms with van der Waals surface area (Å²) in [6.45, 7) is 1.62. The van der Waals surface area contributed by atoms with Crippen molar-refractivity contribution < 1.29 is 15.0 Å². The van der Waals surface area contributed by atoms with Crippen LogP contribution in [-0.4, -0.2) is 22.7 Å². The van der Waals surface area contributed by atoms with Gasteiger partial charge in [-0.25, -0.2) is 0 Å². The SMILES string of the molecule is O=C(O)CCCCCCCCCCCNCc1cc(Br)cc(Br)c1O. The molecule has 25 heavy (non-hydrogen) atoms. The molecule has 1 rings (SSSR count). The number of benzene rings is 1. The highest BCUT2D eigenvalue weighted by Crippen LogP contribution is 2.31. The second-order valence-electron chi connectivity index (χ2n) is 6.40. The summed E-state index contributed by atoms with van der Waals surface area (Å²) in [4.78, 5) is 10.4. The molecule has 0 heterocycles. The van der Waals surface area contributed by atoms with Crippen molar-refractivity contribution >= 4 is 37.8 Å². The number of phenolic OH excluding ortho intramolecular Hbond substituents is 1. The third-order valence-electron chi connectivity index (χ3n) is 4.17. The smallest absolute Gasteiger partial charge is 0.303 e. The molecule has 0 aromatic heterocycles. The Morgan fingerprint density at radius 2 is 1.48 bits per heavy atom. The van der Waals surface area contributed by atoms with E-state index in [9.17, 15) is 9.90 Å². The Labute approximate surface area is 167 Å². The van der Waals surface area contributed by atoms with Crippen molar-refractivity contribution in [2.45, 2.75) is 70.8 Å². The molecule has 4 nitrogen and oxygen atoms in total. The highest BCUT2D eigenvalue weighted by atomic mass is 79.9. The molecule has 0 spiro atoms. The third kappa shape index (κ3) is 10.9. The number of carbonyl (C=O) groups is 1. The van der Waals surface area contributed by atoms with Gasteiger partial charge in [0.15, 0.2) is 0 Å². The number of unbranched alkanes of at least 4 members (excludes halogenated alkanes) is 8. The lowest BCUT2D eigenvalue weighted by atomic mass is 10.1. The number of carboxylic acids is 1. The normalized spacial score (nSPS) is 11.0. The first kappa shape index (κ1) is 22.5. The van der Waals surface area contributed by atoms with E-state index in [0.717, 1.165) is 42.3 Å². The van der Waals surface area contributed by atoms with Crippen molar-refractivity contribution in [3.63, 3.8) is 0 Å². The van der Waals surface area contributed by atoms with Crippen LogP contribution in [-0.2, 0) is 11.3 Å². The van der Waals surface area contributed by atoms with Gasteiger partial charge in [0.05, 0.1) is 4.47 Å². The first-order chi connectivity index (χ1) is 12.0. The van der Waals surface area contributed by atoms with Gasteiger partial charge in [-0.1, -0.05) is 60.9 Å². The lowest BCUT2D eigenvalue weighted by Crippen LogP contribution is -2.14. The first-order valence-electron chi connectivity index (χ1n) is 9.10. The molecule has 1 aromatic rings. The fourth-order valence-corrected chi connectivity index (χ4v) is 4.05. The van der Waals surface area contributed by atoms with Crippen LogP contribution in [0.4, 0.5) is 0 Å². The summed E-state index contributed by atoms with van der Waals surface area (Å²) < 4.78 is 1.67. The minimum Gasteiger partial charge on any atom is -0.506 e. The number of halogens is 2. The molecule has 0 saturated carbocycles. The molecule has 6 heteroatoms. The van der Waals surface area contributed by atoms with Gasteiger partial charge in [-0.15, -0.1) is 0 Å². The standard InChI is InChI=1S/C19H29Br2NO3/c20-16-12-15(19(25)17(21)13-16)14-22-11-9-7-5-3-1-2-4-6-8-10-18(23)24/h12-13,22,25H,1-11,14H2,(H,23,24). The maximum atomic E-state index is 10.4. The summed E-state index contributed by atoms with van der Waals surface area (Å²) in [6.07, 6.45) is 10.7.